The van der Waals surface area contributed by atoms with Crippen LogP contribution in [-0.4, -0.2) is 61.2 Å². The Balaban J connectivity index is 1.57. The van der Waals surface area contributed by atoms with Crippen molar-refractivity contribution in [1.29, 1.82) is 0 Å². The lowest BCUT2D eigenvalue weighted by molar-refractivity contribution is -0.385. The number of nitro groups is 1. The molecule has 1 aliphatic heterocycles. The van der Waals surface area contributed by atoms with Crippen molar-refractivity contribution in [2.24, 2.45) is 0 Å². The summed E-state index contributed by atoms with van der Waals surface area (Å²) >= 11 is 0. The van der Waals surface area contributed by atoms with Crippen molar-refractivity contribution in [2.75, 3.05) is 38.0 Å². The molecule has 29 heavy (non-hydrogen) atoms. The van der Waals surface area contributed by atoms with Gasteiger partial charge in [-0.1, -0.05) is 12.1 Å². The number of non-ortho nitro benzene ring substituents is 1. The average Bonchev–Trinajstić information content (AvgIpc) is 2.68. The summed E-state index contributed by atoms with van der Waals surface area (Å²) in [5.41, 5.74) is 0.0561. The maximum Gasteiger partial charge on any atom is 0.270 e. The van der Waals surface area contributed by atoms with E-state index in [0.717, 1.165) is 6.07 Å². The van der Waals surface area contributed by atoms with Gasteiger partial charge in [-0.3, -0.25) is 19.8 Å². The zero-order valence-corrected chi connectivity index (χ0v) is 16.1. The Bertz CT molecular complexity index is 1020. The second-order valence-electron chi connectivity index (χ2n) is 6.49. The number of hydrogen-bond donors (Lipinski definition) is 1. The van der Waals surface area contributed by atoms with Crippen LogP contribution in [-0.2, 0) is 14.8 Å². The third kappa shape index (κ3) is 5.13. The van der Waals surface area contributed by atoms with Crippen LogP contribution in [0.4, 0.5) is 15.8 Å². The Morgan fingerprint density at radius 2 is 1.79 bits per heavy atom. The van der Waals surface area contributed by atoms with Crippen LogP contribution < -0.4 is 5.32 Å². The lowest BCUT2D eigenvalue weighted by atomic mass is 10.3. The Kier molecular flexibility index (Phi) is 6.20. The highest BCUT2D eigenvalue weighted by molar-refractivity contribution is 7.89. The molecule has 1 aliphatic rings. The first-order valence-corrected chi connectivity index (χ1v) is 10.2. The van der Waals surface area contributed by atoms with E-state index in [2.05, 4.69) is 5.32 Å². The molecule has 2 aromatic rings. The fourth-order valence-electron chi connectivity index (χ4n) is 3.00. The first kappa shape index (κ1) is 20.8. The predicted octanol–water partition coefficient (Wildman–Crippen LogP) is 1.68. The molecule has 0 bridgehead atoms. The molecule has 0 saturated carbocycles. The van der Waals surface area contributed by atoms with E-state index >= 15 is 0 Å². The van der Waals surface area contributed by atoms with Gasteiger partial charge in [-0.15, -0.1) is 0 Å². The lowest BCUT2D eigenvalue weighted by Gasteiger charge is -2.33. The molecule has 0 aromatic heterocycles. The van der Waals surface area contributed by atoms with Gasteiger partial charge in [0.25, 0.3) is 5.69 Å². The number of nitrogens with one attached hydrogen (secondary N) is 1. The van der Waals surface area contributed by atoms with E-state index in [1.807, 2.05) is 0 Å². The largest absolute Gasteiger partial charge is 0.325 e. The van der Waals surface area contributed by atoms with E-state index < -0.39 is 20.8 Å². The molecule has 9 nitrogen and oxygen atoms in total. The Hall–Kier alpha value is -2.89. The maximum absolute atomic E-state index is 13.2. The standard InChI is InChI=1S/C18H19FN4O5S/c19-14-3-1-4-15(11-14)20-18(24)13-21-7-9-22(10-8-21)29(27,28)17-6-2-5-16(12-17)23(25)26/h1-6,11-12H,7-10,13H2,(H,20,24). The van der Waals surface area contributed by atoms with Gasteiger partial charge in [0.15, 0.2) is 0 Å². The smallest absolute Gasteiger partial charge is 0.270 e. The Labute approximate surface area is 166 Å². The maximum atomic E-state index is 13.2. The molecule has 0 aliphatic carbocycles. The van der Waals surface area contributed by atoms with Crippen LogP contribution >= 0.6 is 0 Å². The Morgan fingerprint density at radius 1 is 1.10 bits per heavy atom. The number of sulfonamides is 1. The summed E-state index contributed by atoms with van der Waals surface area (Å²) in [6.45, 7) is 0.993. The number of anilines is 1. The molecule has 0 radical (unpaired) electrons. The van der Waals surface area contributed by atoms with Gasteiger partial charge in [0, 0.05) is 44.0 Å². The van der Waals surface area contributed by atoms with E-state index in [1.165, 1.54) is 40.7 Å². The molecule has 3 rings (SSSR count). The van der Waals surface area contributed by atoms with Crippen molar-refractivity contribution in [3.8, 4) is 0 Å². The van der Waals surface area contributed by atoms with Crippen LogP contribution in [0.15, 0.2) is 53.4 Å². The van der Waals surface area contributed by atoms with Gasteiger partial charge < -0.3 is 5.32 Å². The predicted molar refractivity (Wildman–Crippen MR) is 103 cm³/mol. The zero-order chi connectivity index (χ0) is 21.0. The van der Waals surface area contributed by atoms with Crippen LogP contribution in [0.2, 0.25) is 0 Å². The molecular formula is C18H19FN4O5S. The van der Waals surface area contributed by atoms with Crippen LogP contribution in [0, 0.1) is 15.9 Å². The van der Waals surface area contributed by atoms with Gasteiger partial charge in [0.05, 0.1) is 16.4 Å². The fraction of sp³-hybridized carbons (Fsp3) is 0.278. The Morgan fingerprint density at radius 3 is 2.45 bits per heavy atom. The molecule has 2 aromatic carbocycles. The first-order chi connectivity index (χ1) is 13.8. The van der Waals surface area contributed by atoms with Crippen LogP contribution in [0.25, 0.3) is 0 Å². The third-order valence-corrected chi connectivity index (χ3v) is 6.37. The second kappa shape index (κ2) is 8.64. The highest BCUT2D eigenvalue weighted by Gasteiger charge is 2.30. The van der Waals surface area contributed by atoms with Crippen molar-refractivity contribution in [3.63, 3.8) is 0 Å². The van der Waals surface area contributed by atoms with Gasteiger partial charge in [0.2, 0.25) is 15.9 Å². The molecule has 11 heteroatoms. The van der Waals surface area contributed by atoms with Gasteiger partial charge in [0.1, 0.15) is 5.82 Å². The quantitative estimate of drug-likeness (QED) is 0.560. The second-order valence-corrected chi connectivity index (χ2v) is 8.43. The summed E-state index contributed by atoms with van der Waals surface area (Å²) in [6, 6.07) is 10.5. The van der Waals surface area contributed by atoms with Crippen LogP contribution in [0.5, 0.6) is 0 Å². The monoisotopic (exact) mass is 422 g/mol. The van der Waals surface area contributed by atoms with E-state index in [0.29, 0.717) is 18.8 Å². The fourth-order valence-corrected chi connectivity index (χ4v) is 4.47. The molecule has 0 unspecified atom stereocenters. The summed E-state index contributed by atoms with van der Waals surface area (Å²) in [6.07, 6.45) is 0. The number of benzene rings is 2. The van der Waals surface area contributed by atoms with Crippen molar-refractivity contribution in [1.82, 2.24) is 9.21 Å². The molecule has 1 heterocycles. The van der Waals surface area contributed by atoms with Crippen molar-refractivity contribution < 1.29 is 22.5 Å². The molecule has 154 valence electrons. The number of hydrogen-bond acceptors (Lipinski definition) is 6. The minimum absolute atomic E-state index is 0.0429. The number of carbonyl (C=O) groups is 1. The zero-order valence-electron chi connectivity index (χ0n) is 15.3. The first-order valence-electron chi connectivity index (χ1n) is 8.78. The van der Waals surface area contributed by atoms with Gasteiger partial charge in [-0.05, 0) is 24.3 Å². The van der Waals surface area contributed by atoms with Crippen molar-refractivity contribution in [3.05, 3.63) is 64.5 Å². The molecule has 1 amide bonds. The molecular weight excluding hydrogens is 403 g/mol. The summed E-state index contributed by atoms with van der Waals surface area (Å²) in [5.74, 6) is -0.784. The minimum Gasteiger partial charge on any atom is -0.325 e. The summed E-state index contributed by atoms with van der Waals surface area (Å²) in [7, 11) is -3.86. The lowest BCUT2D eigenvalue weighted by Crippen LogP contribution is -2.50. The van der Waals surface area contributed by atoms with Crippen molar-refractivity contribution in [2.45, 2.75) is 4.90 Å². The SMILES string of the molecule is O=C(CN1CCN(S(=O)(=O)c2cccc([N+](=O)[O-])c2)CC1)Nc1cccc(F)c1. The van der Waals surface area contributed by atoms with Gasteiger partial charge in [-0.25, -0.2) is 12.8 Å². The highest BCUT2D eigenvalue weighted by atomic mass is 32.2. The van der Waals surface area contributed by atoms with Crippen molar-refractivity contribution >= 4 is 27.3 Å². The van der Waals surface area contributed by atoms with Crippen LogP contribution in [0.1, 0.15) is 0 Å². The van der Waals surface area contributed by atoms with E-state index in [-0.39, 0.29) is 36.1 Å². The van der Waals surface area contributed by atoms with Crippen LogP contribution in [0.3, 0.4) is 0 Å². The van der Waals surface area contributed by atoms with Gasteiger partial charge >= 0.3 is 0 Å². The summed E-state index contributed by atoms with van der Waals surface area (Å²) < 4.78 is 39.9. The number of amides is 1. The average molecular weight is 422 g/mol. The number of nitro benzene ring substituents is 1. The molecule has 1 fully saturated rings. The third-order valence-electron chi connectivity index (χ3n) is 4.47. The number of nitrogens with zero attached hydrogens (tertiary/aromatic N) is 3. The molecule has 0 atom stereocenters. The summed E-state index contributed by atoms with van der Waals surface area (Å²) in [5, 5.41) is 13.5. The number of rotatable bonds is 6. The minimum atomic E-state index is -3.86. The van der Waals surface area contributed by atoms with Gasteiger partial charge in [-0.2, -0.15) is 4.31 Å². The topological polar surface area (TPSA) is 113 Å². The summed E-state index contributed by atoms with van der Waals surface area (Å²) in [4.78, 5) is 24.0. The van der Waals surface area contributed by atoms with E-state index in [4.69, 9.17) is 0 Å². The highest BCUT2D eigenvalue weighted by Crippen LogP contribution is 2.22. The number of carbonyl (C=O) groups excluding carboxylic acids is 1. The van der Waals surface area contributed by atoms with E-state index in [1.54, 1.807) is 11.0 Å². The molecule has 0 spiro atoms. The van der Waals surface area contributed by atoms with E-state index in [9.17, 15) is 27.7 Å². The number of halogens is 1. The number of piperazine rings is 1. The normalized spacial score (nSPS) is 15.8. The molecule has 1 N–H and O–H groups in total. The molecule has 1 saturated heterocycles.